The Morgan fingerprint density at radius 3 is 1.80 bits per heavy atom. The highest BCUT2D eigenvalue weighted by Gasteiger charge is 2.43. The van der Waals surface area contributed by atoms with E-state index in [1.54, 1.807) is 13.8 Å². The predicted octanol–water partition coefficient (Wildman–Crippen LogP) is 0.708. The third-order valence-corrected chi connectivity index (χ3v) is 1.94. The monoisotopic (exact) mass is 216 g/mol. The first-order valence-corrected chi connectivity index (χ1v) is 4.81. The maximum absolute atomic E-state index is 11.5. The van der Waals surface area contributed by atoms with E-state index >= 15 is 0 Å². The topological polar surface area (TPSA) is 69.7 Å². The van der Waals surface area contributed by atoms with E-state index in [1.165, 1.54) is 6.92 Å². The molecule has 5 heteroatoms. The van der Waals surface area contributed by atoms with Crippen molar-refractivity contribution in [1.82, 2.24) is 0 Å². The lowest BCUT2D eigenvalue weighted by molar-refractivity contribution is -0.171. The summed E-state index contributed by atoms with van der Waals surface area (Å²) in [6.45, 7) is 4.92. The lowest BCUT2D eigenvalue weighted by Gasteiger charge is -2.22. The van der Waals surface area contributed by atoms with E-state index in [-0.39, 0.29) is 19.6 Å². The summed E-state index contributed by atoms with van der Waals surface area (Å²) in [7, 11) is 0. The Balaban J connectivity index is 4.78. The molecule has 0 aliphatic rings. The fourth-order valence-electron chi connectivity index (χ4n) is 0.997. The molecule has 0 fully saturated rings. The molecule has 5 nitrogen and oxygen atoms in total. The second kappa shape index (κ2) is 6.16. The van der Waals surface area contributed by atoms with Crippen LogP contribution in [0.4, 0.5) is 0 Å². The third kappa shape index (κ3) is 3.34. The van der Waals surface area contributed by atoms with Gasteiger partial charge in [0.15, 0.2) is 5.41 Å². The Hall–Kier alpha value is -1.39. The average Bonchev–Trinajstić information content (AvgIpc) is 2.18. The highest BCUT2D eigenvalue weighted by molar-refractivity contribution is 6.01. The van der Waals surface area contributed by atoms with Gasteiger partial charge in [-0.15, -0.1) is 0 Å². The fraction of sp³-hybridized carbons (Fsp3) is 0.700. The van der Waals surface area contributed by atoms with Crippen LogP contribution in [0.15, 0.2) is 0 Å². The second-order valence-electron chi connectivity index (χ2n) is 3.14. The zero-order valence-electron chi connectivity index (χ0n) is 9.24. The van der Waals surface area contributed by atoms with E-state index in [1.807, 2.05) is 0 Å². The summed E-state index contributed by atoms with van der Waals surface area (Å²) in [5.41, 5.74) is -1.52. The van der Waals surface area contributed by atoms with Crippen molar-refractivity contribution in [3.05, 3.63) is 0 Å². The molecule has 0 saturated heterocycles. The van der Waals surface area contributed by atoms with E-state index in [4.69, 9.17) is 9.47 Å². The van der Waals surface area contributed by atoms with Gasteiger partial charge in [-0.2, -0.15) is 0 Å². The SMILES string of the molecule is CCOC(=O)C(C)(CC=O)C(=O)OCC. The summed E-state index contributed by atoms with van der Waals surface area (Å²) in [6.07, 6.45) is 0.276. The quantitative estimate of drug-likeness (QED) is 0.371. The second-order valence-corrected chi connectivity index (χ2v) is 3.14. The van der Waals surface area contributed by atoms with Crippen molar-refractivity contribution < 1.29 is 23.9 Å². The van der Waals surface area contributed by atoms with Crippen LogP contribution in [0.2, 0.25) is 0 Å². The van der Waals surface area contributed by atoms with Crippen molar-refractivity contribution in [2.75, 3.05) is 13.2 Å². The van der Waals surface area contributed by atoms with Gasteiger partial charge in [0, 0.05) is 6.42 Å². The molecule has 0 aromatic carbocycles. The van der Waals surface area contributed by atoms with Gasteiger partial charge in [-0.05, 0) is 20.8 Å². The van der Waals surface area contributed by atoms with Crippen LogP contribution < -0.4 is 0 Å². The Morgan fingerprint density at radius 1 is 1.13 bits per heavy atom. The summed E-state index contributed by atoms with van der Waals surface area (Å²) < 4.78 is 9.46. The number of rotatable bonds is 6. The summed E-state index contributed by atoms with van der Waals surface area (Å²) in [5.74, 6) is -1.45. The number of esters is 2. The van der Waals surface area contributed by atoms with Crippen molar-refractivity contribution in [3.63, 3.8) is 0 Å². The molecule has 0 rings (SSSR count). The van der Waals surface area contributed by atoms with Crippen molar-refractivity contribution in [3.8, 4) is 0 Å². The molecule has 0 aromatic heterocycles. The minimum absolute atomic E-state index is 0.159. The van der Waals surface area contributed by atoms with Crippen LogP contribution in [0.3, 0.4) is 0 Å². The Labute approximate surface area is 88.7 Å². The zero-order chi connectivity index (χ0) is 11.9. The molecule has 86 valence electrons. The van der Waals surface area contributed by atoms with Gasteiger partial charge in [0.1, 0.15) is 6.29 Å². The molecule has 0 aromatic rings. The largest absolute Gasteiger partial charge is 0.465 e. The fourth-order valence-corrected chi connectivity index (χ4v) is 0.997. The van der Waals surface area contributed by atoms with E-state index in [2.05, 4.69) is 0 Å². The van der Waals surface area contributed by atoms with Crippen molar-refractivity contribution in [2.45, 2.75) is 27.2 Å². The molecule has 0 N–H and O–H groups in total. The molecule has 0 bridgehead atoms. The van der Waals surface area contributed by atoms with Crippen LogP contribution >= 0.6 is 0 Å². The van der Waals surface area contributed by atoms with E-state index in [0.29, 0.717) is 6.29 Å². The summed E-state index contributed by atoms with van der Waals surface area (Å²) >= 11 is 0. The first-order chi connectivity index (χ1) is 7.02. The van der Waals surface area contributed by atoms with Crippen LogP contribution in [0.1, 0.15) is 27.2 Å². The van der Waals surface area contributed by atoms with E-state index in [9.17, 15) is 14.4 Å². The first-order valence-electron chi connectivity index (χ1n) is 4.81. The molecule has 0 amide bonds. The summed E-state index contributed by atoms with van der Waals surface area (Å²) in [4.78, 5) is 33.4. The molecule has 0 saturated carbocycles. The first kappa shape index (κ1) is 13.6. The summed E-state index contributed by atoms with van der Waals surface area (Å²) in [5, 5.41) is 0. The van der Waals surface area contributed by atoms with Gasteiger partial charge < -0.3 is 14.3 Å². The lowest BCUT2D eigenvalue weighted by atomic mass is 9.87. The van der Waals surface area contributed by atoms with Crippen molar-refractivity contribution in [2.24, 2.45) is 5.41 Å². The molecule has 0 spiro atoms. The van der Waals surface area contributed by atoms with Gasteiger partial charge in [-0.1, -0.05) is 0 Å². The number of hydrogen-bond donors (Lipinski definition) is 0. The van der Waals surface area contributed by atoms with Gasteiger partial charge in [0.05, 0.1) is 13.2 Å². The van der Waals surface area contributed by atoms with Crippen LogP contribution in [0, 0.1) is 5.41 Å². The highest BCUT2D eigenvalue weighted by atomic mass is 16.6. The van der Waals surface area contributed by atoms with Gasteiger partial charge in [0.25, 0.3) is 0 Å². The standard InChI is InChI=1S/C10H16O5/c1-4-14-8(12)10(3,6-7-11)9(13)15-5-2/h7H,4-6H2,1-3H3. The molecule has 0 aliphatic heterocycles. The maximum Gasteiger partial charge on any atom is 0.323 e. The number of hydrogen-bond acceptors (Lipinski definition) is 5. The molecule has 0 radical (unpaired) electrons. The van der Waals surface area contributed by atoms with Crippen molar-refractivity contribution >= 4 is 18.2 Å². The molecular weight excluding hydrogens is 200 g/mol. The van der Waals surface area contributed by atoms with Gasteiger partial charge in [-0.25, -0.2) is 0 Å². The minimum Gasteiger partial charge on any atom is -0.465 e. The van der Waals surface area contributed by atoms with Gasteiger partial charge >= 0.3 is 11.9 Å². The zero-order valence-corrected chi connectivity index (χ0v) is 9.24. The average molecular weight is 216 g/mol. The number of carbonyl (C=O) groups excluding carboxylic acids is 3. The molecule has 0 unspecified atom stereocenters. The van der Waals surface area contributed by atoms with Crippen LogP contribution in [-0.4, -0.2) is 31.4 Å². The smallest absolute Gasteiger partial charge is 0.323 e. The van der Waals surface area contributed by atoms with Gasteiger partial charge in [0.2, 0.25) is 0 Å². The number of carbonyl (C=O) groups is 3. The lowest BCUT2D eigenvalue weighted by Crippen LogP contribution is -2.39. The van der Waals surface area contributed by atoms with E-state index < -0.39 is 17.4 Å². The number of aldehydes is 1. The molecule has 0 aliphatic carbocycles. The highest BCUT2D eigenvalue weighted by Crippen LogP contribution is 2.24. The van der Waals surface area contributed by atoms with Crippen LogP contribution in [0.25, 0.3) is 0 Å². The normalized spacial score (nSPS) is 10.6. The maximum atomic E-state index is 11.5. The third-order valence-electron chi connectivity index (χ3n) is 1.94. The van der Waals surface area contributed by atoms with Crippen LogP contribution in [0.5, 0.6) is 0 Å². The number of ether oxygens (including phenoxy) is 2. The molecular formula is C10H16O5. The molecule has 15 heavy (non-hydrogen) atoms. The van der Waals surface area contributed by atoms with E-state index in [0.717, 1.165) is 0 Å². The predicted molar refractivity (Wildman–Crippen MR) is 52.1 cm³/mol. The Morgan fingerprint density at radius 2 is 1.53 bits per heavy atom. The molecule has 0 atom stereocenters. The van der Waals surface area contributed by atoms with Gasteiger partial charge in [-0.3, -0.25) is 9.59 Å². The minimum atomic E-state index is -1.52. The Bertz CT molecular complexity index is 228. The summed E-state index contributed by atoms with van der Waals surface area (Å²) in [6, 6.07) is 0. The van der Waals surface area contributed by atoms with Crippen LogP contribution in [-0.2, 0) is 23.9 Å². The van der Waals surface area contributed by atoms with Crippen molar-refractivity contribution in [1.29, 1.82) is 0 Å². The Kier molecular flexibility index (Phi) is 5.59. The molecule has 0 heterocycles.